The Hall–Kier alpha value is -1.31. The molecule has 1 heterocycles. The largest absolute Gasteiger partial charge is 0.370 e. The average molecular weight is 386 g/mol. The van der Waals surface area contributed by atoms with Crippen molar-refractivity contribution in [3.8, 4) is 0 Å². The molecule has 20 heavy (non-hydrogen) atoms. The normalized spacial score (nSPS) is 21.5. The number of fused-ring (bicyclic) bond motifs is 1. The number of nitrogens with zero attached hydrogens (tertiary/aromatic N) is 1. The van der Waals surface area contributed by atoms with E-state index in [9.17, 15) is 4.79 Å². The number of hydrogen-bond donors (Lipinski definition) is 3. The minimum atomic E-state index is 0. The second kappa shape index (κ2) is 6.43. The molecule has 0 saturated heterocycles. The highest BCUT2D eigenvalue weighted by Crippen LogP contribution is 2.31. The zero-order valence-corrected chi connectivity index (χ0v) is 13.5. The van der Waals surface area contributed by atoms with Crippen molar-refractivity contribution in [1.29, 1.82) is 0 Å². The molecule has 0 radical (unpaired) electrons. The summed E-state index contributed by atoms with van der Waals surface area (Å²) in [5.41, 5.74) is 7.86. The lowest BCUT2D eigenvalue weighted by atomic mass is 9.91. The van der Waals surface area contributed by atoms with E-state index in [2.05, 4.69) is 15.6 Å². The van der Waals surface area contributed by atoms with Gasteiger partial charge < -0.3 is 16.4 Å². The smallest absolute Gasteiger partial charge is 0.225 e. The van der Waals surface area contributed by atoms with Crippen molar-refractivity contribution in [2.45, 2.75) is 31.2 Å². The monoisotopic (exact) mass is 386 g/mol. The summed E-state index contributed by atoms with van der Waals surface area (Å²) >= 11 is 0. The third-order valence-corrected chi connectivity index (χ3v) is 3.52. The van der Waals surface area contributed by atoms with Gasteiger partial charge in [0.25, 0.3) is 0 Å². The minimum Gasteiger partial charge on any atom is -0.370 e. The third-order valence-electron chi connectivity index (χ3n) is 3.52. The second-order valence-corrected chi connectivity index (χ2v) is 5.18. The maximum absolute atomic E-state index is 11.7. The van der Waals surface area contributed by atoms with Gasteiger partial charge in [-0.2, -0.15) is 0 Å². The zero-order chi connectivity index (χ0) is 13.2. The number of carbonyl (C=O) groups excluding carboxylic acids is 1. The number of halogens is 1. The van der Waals surface area contributed by atoms with E-state index in [1.54, 1.807) is 0 Å². The van der Waals surface area contributed by atoms with E-state index in [0.717, 1.165) is 11.3 Å². The molecule has 1 amide bonds. The molecule has 1 aromatic carbocycles. The Labute approximate surface area is 135 Å². The molecule has 0 spiro atoms. The maximum atomic E-state index is 11.7. The molecule has 108 valence electrons. The number of guanidine groups is 1. The molecule has 1 aliphatic heterocycles. The summed E-state index contributed by atoms with van der Waals surface area (Å²) in [4.78, 5) is 16.0. The number of nitrogens with one attached hydrogen (secondary N) is 2. The maximum Gasteiger partial charge on any atom is 0.225 e. The topological polar surface area (TPSA) is 79.5 Å². The van der Waals surface area contributed by atoms with Crippen LogP contribution >= 0.6 is 24.0 Å². The first-order valence-electron chi connectivity index (χ1n) is 6.67. The predicted molar refractivity (Wildman–Crippen MR) is 90.5 cm³/mol. The van der Waals surface area contributed by atoms with Crippen LogP contribution in [0.25, 0.3) is 0 Å². The van der Waals surface area contributed by atoms with Crippen LogP contribution in [0.3, 0.4) is 0 Å². The fraction of sp³-hybridized carbons (Fsp3) is 0.429. The quantitative estimate of drug-likeness (QED) is 0.421. The van der Waals surface area contributed by atoms with Crippen LogP contribution < -0.4 is 16.4 Å². The van der Waals surface area contributed by atoms with Gasteiger partial charge in [0.15, 0.2) is 5.96 Å². The van der Waals surface area contributed by atoms with Crippen molar-refractivity contribution in [2.75, 3.05) is 11.9 Å². The number of anilines is 1. The Balaban J connectivity index is 0.00000147. The van der Waals surface area contributed by atoms with E-state index in [4.69, 9.17) is 5.73 Å². The van der Waals surface area contributed by atoms with Crippen molar-refractivity contribution >= 4 is 41.5 Å². The van der Waals surface area contributed by atoms with Crippen molar-refractivity contribution < 1.29 is 4.79 Å². The number of nitrogens with two attached hydrogens (primary N) is 1. The predicted octanol–water partition coefficient (Wildman–Crippen LogP) is 1.80. The zero-order valence-electron chi connectivity index (χ0n) is 11.1. The summed E-state index contributed by atoms with van der Waals surface area (Å²) in [6.07, 6.45) is 2.81. The number of amides is 1. The standard InChI is InChI=1S/C14H18N4O.HI/c15-14(17-10-5-6-10)16-8-9-7-13(19)18-12-4-2-1-3-11(9)12;/h1-4,9-10H,5-8H2,(H,18,19)(H3,15,16,17);1H. The minimum absolute atomic E-state index is 0. The van der Waals surface area contributed by atoms with Crippen molar-refractivity contribution in [3.05, 3.63) is 29.8 Å². The van der Waals surface area contributed by atoms with Crippen LogP contribution in [0.4, 0.5) is 5.69 Å². The van der Waals surface area contributed by atoms with E-state index in [0.29, 0.717) is 25.0 Å². The molecule has 1 aliphatic carbocycles. The Morgan fingerprint density at radius 2 is 2.15 bits per heavy atom. The fourth-order valence-corrected chi connectivity index (χ4v) is 2.36. The van der Waals surface area contributed by atoms with Gasteiger partial charge in [-0.15, -0.1) is 24.0 Å². The van der Waals surface area contributed by atoms with Gasteiger partial charge in [-0.1, -0.05) is 18.2 Å². The highest BCUT2D eigenvalue weighted by Gasteiger charge is 2.25. The van der Waals surface area contributed by atoms with Crippen LogP contribution in [0.15, 0.2) is 29.3 Å². The van der Waals surface area contributed by atoms with Crippen molar-refractivity contribution in [1.82, 2.24) is 5.32 Å². The highest BCUT2D eigenvalue weighted by molar-refractivity contribution is 14.0. The first-order chi connectivity index (χ1) is 9.22. The molecular weight excluding hydrogens is 367 g/mol. The first kappa shape index (κ1) is 15.1. The SMILES string of the molecule is I.NC(=NCC1CC(=O)Nc2ccccc21)NC1CC1. The van der Waals surface area contributed by atoms with Crippen LogP contribution in [0.2, 0.25) is 0 Å². The van der Waals surface area contributed by atoms with E-state index in [-0.39, 0.29) is 35.8 Å². The molecule has 5 nitrogen and oxygen atoms in total. The van der Waals surface area contributed by atoms with Crippen LogP contribution in [0.1, 0.15) is 30.7 Å². The molecule has 1 atom stereocenters. The number of benzene rings is 1. The Bertz CT molecular complexity index is 528. The highest BCUT2D eigenvalue weighted by atomic mass is 127. The van der Waals surface area contributed by atoms with Gasteiger partial charge in [-0.05, 0) is 24.5 Å². The van der Waals surface area contributed by atoms with E-state index >= 15 is 0 Å². The lowest BCUT2D eigenvalue weighted by molar-refractivity contribution is -0.116. The van der Waals surface area contributed by atoms with Gasteiger partial charge in [0.05, 0.1) is 6.54 Å². The average Bonchev–Trinajstić information content (AvgIpc) is 3.19. The molecule has 1 aromatic rings. The van der Waals surface area contributed by atoms with Crippen LogP contribution in [-0.2, 0) is 4.79 Å². The van der Waals surface area contributed by atoms with Crippen molar-refractivity contribution in [3.63, 3.8) is 0 Å². The van der Waals surface area contributed by atoms with Gasteiger partial charge >= 0.3 is 0 Å². The van der Waals surface area contributed by atoms with Gasteiger partial charge in [0, 0.05) is 24.1 Å². The van der Waals surface area contributed by atoms with E-state index < -0.39 is 0 Å². The van der Waals surface area contributed by atoms with E-state index in [1.165, 1.54) is 12.8 Å². The lowest BCUT2D eigenvalue weighted by Gasteiger charge is -2.24. The number of carbonyl (C=O) groups is 1. The van der Waals surface area contributed by atoms with Gasteiger partial charge in [-0.25, -0.2) is 0 Å². The number of hydrogen-bond acceptors (Lipinski definition) is 2. The summed E-state index contributed by atoms with van der Waals surface area (Å²) in [6, 6.07) is 8.38. The number of rotatable bonds is 3. The third kappa shape index (κ3) is 3.62. The van der Waals surface area contributed by atoms with Crippen molar-refractivity contribution in [2.24, 2.45) is 10.7 Å². The summed E-state index contributed by atoms with van der Waals surface area (Å²) in [7, 11) is 0. The molecule has 1 fully saturated rings. The molecule has 4 N–H and O–H groups in total. The van der Waals surface area contributed by atoms with Gasteiger partial charge in [0.2, 0.25) is 5.91 Å². The molecule has 0 aromatic heterocycles. The Kier molecular flexibility index (Phi) is 4.85. The second-order valence-electron chi connectivity index (χ2n) is 5.18. The summed E-state index contributed by atoms with van der Waals surface area (Å²) in [5.74, 6) is 0.656. The molecule has 3 rings (SSSR count). The molecule has 6 heteroatoms. The number of aliphatic imine (C=N–C) groups is 1. The fourth-order valence-electron chi connectivity index (χ4n) is 2.36. The number of para-hydroxylation sites is 1. The lowest BCUT2D eigenvalue weighted by Crippen LogP contribution is -2.34. The van der Waals surface area contributed by atoms with Gasteiger partial charge in [0.1, 0.15) is 0 Å². The molecule has 1 saturated carbocycles. The van der Waals surface area contributed by atoms with Crippen LogP contribution in [-0.4, -0.2) is 24.5 Å². The Morgan fingerprint density at radius 3 is 2.90 bits per heavy atom. The molecule has 0 bridgehead atoms. The molecule has 1 unspecified atom stereocenters. The molecule has 2 aliphatic rings. The van der Waals surface area contributed by atoms with Crippen LogP contribution in [0, 0.1) is 0 Å². The Morgan fingerprint density at radius 1 is 1.40 bits per heavy atom. The van der Waals surface area contributed by atoms with E-state index in [1.807, 2.05) is 24.3 Å². The summed E-state index contributed by atoms with van der Waals surface area (Å²) < 4.78 is 0. The first-order valence-corrected chi connectivity index (χ1v) is 6.67. The van der Waals surface area contributed by atoms with Gasteiger partial charge in [-0.3, -0.25) is 9.79 Å². The summed E-state index contributed by atoms with van der Waals surface area (Å²) in [6.45, 7) is 0.552. The van der Waals surface area contributed by atoms with Crippen LogP contribution in [0.5, 0.6) is 0 Å². The molecular formula is C14H19IN4O. The summed E-state index contributed by atoms with van der Waals surface area (Å²) in [5, 5.41) is 6.04.